The quantitative estimate of drug-likeness (QED) is 0.681. The fraction of sp³-hybridized carbons (Fsp3) is 0.300. The number of aliphatic hydroxyl groups is 1. The van der Waals surface area contributed by atoms with E-state index in [2.05, 4.69) is 22.0 Å². The zero-order valence-corrected chi connectivity index (χ0v) is 14.4. The van der Waals surface area contributed by atoms with Gasteiger partial charge in [-0.2, -0.15) is 5.26 Å². The topological polar surface area (TPSA) is 97.2 Å². The van der Waals surface area contributed by atoms with Crippen molar-refractivity contribution in [1.29, 1.82) is 5.26 Å². The van der Waals surface area contributed by atoms with Crippen molar-refractivity contribution in [1.82, 2.24) is 10.6 Å². The Bertz CT molecular complexity index is 780. The third-order valence-electron chi connectivity index (χ3n) is 4.52. The molecule has 3 atom stereocenters. The van der Waals surface area contributed by atoms with E-state index in [1.165, 1.54) is 0 Å². The van der Waals surface area contributed by atoms with Crippen molar-refractivity contribution in [3.8, 4) is 6.07 Å². The van der Waals surface area contributed by atoms with E-state index in [4.69, 9.17) is 5.26 Å². The number of benzene rings is 2. The number of carbonyl (C=O) groups excluding carboxylic acids is 1. The van der Waals surface area contributed by atoms with Crippen LogP contribution in [0.25, 0.3) is 0 Å². The highest BCUT2D eigenvalue weighted by molar-refractivity contribution is 5.89. The first kappa shape index (κ1) is 17.9. The fourth-order valence-corrected chi connectivity index (χ4v) is 3.20. The molecule has 1 fully saturated rings. The van der Waals surface area contributed by atoms with E-state index in [0.717, 1.165) is 12.0 Å². The van der Waals surface area contributed by atoms with Gasteiger partial charge in [0.1, 0.15) is 0 Å². The molecule has 3 rings (SSSR count). The van der Waals surface area contributed by atoms with Crippen molar-refractivity contribution in [2.24, 2.45) is 0 Å². The third kappa shape index (κ3) is 4.60. The summed E-state index contributed by atoms with van der Waals surface area (Å²) in [5, 5.41) is 27.8. The number of nitrogens with one attached hydrogen (secondary N) is 3. The van der Waals surface area contributed by atoms with Crippen molar-refractivity contribution in [2.45, 2.75) is 31.0 Å². The monoisotopic (exact) mass is 350 g/mol. The second-order valence-corrected chi connectivity index (χ2v) is 6.43. The maximum Gasteiger partial charge on any atom is 0.319 e. The number of amides is 2. The Morgan fingerprint density at radius 2 is 2.00 bits per heavy atom. The molecule has 0 aromatic heterocycles. The van der Waals surface area contributed by atoms with Crippen molar-refractivity contribution < 1.29 is 9.90 Å². The van der Waals surface area contributed by atoms with Crippen LogP contribution in [0.5, 0.6) is 0 Å². The molecule has 2 aromatic carbocycles. The zero-order valence-electron chi connectivity index (χ0n) is 14.4. The Kier molecular flexibility index (Phi) is 5.84. The van der Waals surface area contributed by atoms with E-state index in [-0.39, 0.29) is 24.2 Å². The molecular formula is C20H22N4O2. The Labute approximate surface area is 152 Å². The minimum absolute atomic E-state index is 0.0389. The number of hydrogen-bond donors (Lipinski definition) is 4. The molecule has 134 valence electrons. The molecule has 0 saturated carbocycles. The number of rotatable bonds is 4. The number of nitrogens with zero attached hydrogens (tertiary/aromatic N) is 1. The number of urea groups is 1. The molecule has 0 bridgehead atoms. The summed E-state index contributed by atoms with van der Waals surface area (Å²) in [6, 6.07) is 18.1. The maximum absolute atomic E-state index is 12.5. The van der Waals surface area contributed by atoms with E-state index in [1.807, 2.05) is 30.3 Å². The maximum atomic E-state index is 12.5. The van der Waals surface area contributed by atoms with Crippen LogP contribution >= 0.6 is 0 Å². The third-order valence-corrected chi connectivity index (χ3v) is 4.52. The Hall–Kier alpha value is -2.88. The summed E-state index contributed by atoms with van der Waals surface area (Å²) in [4.78, 5) is 12.5. The van der Waals surface area contributed by atoms with Crippen LogP contribution in [0.4, 0.5) is 10.5 Å². The second-order valence-electron chi connectivity index (χ2n) is 6.43. The van der Waals surface area contributed by atoms with Crippen LogP contribution in [0.15, 0.2) is 54.6 Å². The summed E-state index contributed by atoms with van der Waals surface area (Å²) in [5.74, 6) is 0. The van der Waals surface area contributed by atoms with Gasteiger partial charge < -0.3 is 21.1 Å². The SMILES string of the molecule is N#Cc1cccc(NC(=O)NC(c2ccccc2)C2CCC(O)CN2)c1. The summed E-state index contributed by atoms with van der Waals surface area (Å²) >= 11 is 0. The van der Waals surface area contributed by atoms with Gasteiger partial charge in [-0.3, -0.25) is 0 Å². The molecule has 3 unspecified atom stereocenters. The lowest BCUT2D eigenvalue weighted by Gasteiger charge is -2.34. The second kappa shape index (κ2) is 8.48. The molecule has 0 radical (unpaired) electrons. The first-order valence-electron chi connectivity index (χ1n) is 8.70. The van der Waals surface area contributed by atoms with E-state index in [1.54, 1.807) is 24.3 Å². The lowest BCUT2D eigenvalue weighted by atomic mass is 9.92. The fourth-order valence-electron chi connectivity index (χ4n) is 3.20. The first-order valence-corrected chi connectivity index (χ1v) is 8.70. The van der Waals surface area contributed by atoms with Crippen LogP contribution in [-0.4, -0.2) is 29.8 Å². The minimum Gasteiger partial charge on any atom is -0.392 e. The molecular weight excluding hydrogens is 328 g/mol. The minimum atomic E-state index is -0.342. The van der Waals surface area contributed by atoms with Crippen LogP contribution in [-0.2, 0) is 0 Å². The van der Waals surface area contributed by atoms with Gasteiger partial charge in [0.2, 0.25) is 0 Å². The Morgan fingerprint density at radius 1 is 1.19 bits per heavy atom. The summed E-state index contributed by atoms with van der Waals surface area (Å²) in [5.41, 5.74) is 2.06. The van der Waals surface area contributed by atoms with Crippen LogP contribution < -0.4 is 16.0 Å². The standard InChI is InChI=1S/C20H22N4O2/c21-12-14-5-4-8-16(11-14)23-20(26)24-19(15-6-2-1-3-7-15)18-10-9-17(25)13-22-18/h1-8,11,17-19,22,25H,9-10,13H2,(H2,23,24,26). The molecule has 2 aromatic rings. The van der Waals surface area contributed by atoms with Gasteiger partial charge in [-0.15, -0.1) is 0 Å². The molecule has 1 aliphatic rings. The molecule has 6 nitrogen and oxygen atoms in total. The number of piperidine rings is 1. The van der Waals surface area contributed by atoms with Crippen LogP contribution in [0.1, 0.15) is 30.0 Å². The van der Waals surface area contributed by atoms with Crippen molar-refractivity contribution in [3.63, 3.8) is 0 Å². The molecule has 4 N–H and O–H groups in total. The largest absolute Gasteiger partial charge is 0.392 e. The zero-order chi connectivity index (χ0) is 18.4. The van der Waals surface area contributed by atoms with E-state index in [0.29, 0.717) is 24.2 Å². The predicted molar refractivity (Wildman–Crippen MR) is 99.5 cm³/mol. The highest BCUT2D eigenvalue weighted by Gasteiger charge is 2.28. The molecule has 2 amide bonds. The molecule has 0 aliphatic carbocycles. The van der Waals surface area contributed by atoms with Crippen molar-refractivity contribution in [2.75, 3.05) is 11.9 Å². The molecule has 6 heteroatoms. The van der Waals surface area contributed by atoms with E-state index in [9.17, 15) is 9.90 Å². The highest BCUT2D eigenvalue weighted by atomic mass is 16.3. The van der Waals surface area contributed by atoms with Gasteiger partial charge in [0.25, 0.3) is 0 Å². The van der Waals surface area contributed by atoms with Crippen molar-refractivity contribution >= 4 is 11.7 Å². The van der Waals surface area contributed by atoms with Crippen LogP contribution in [0, 0.1) is 11.3 Å². The number of anilines is 1. The smallest absolute Gasteiger partial charge is 0.319 e. The average Bonchev–Trinajstić information content (AvgIpc) is 2.68. The van der Waals surface area contributed by atoms with Crippen molar-refractivity contribution in [3.05, 3.63) is 65.7 Å². The highest BCUT2D eigenvalue weighted by Crippen LogP contribution is 2.23. The Balaban J connectivity index is 1.72. The molecule has 1 saturated heterocycles. The van der Waals surface area contributed by atoms with Gasteiger partial charge in [-0.1, -0.05) is 36.4 Å². The van der Waals surface area contributed by atoms with Gasteiger partial charge in [0.05, 0.1) is 23.8 Å². The number of carbonyl (C=O) groups is 1. The number of hydrogen-bond acceptors (Lipinski definition) is 4. The Morgan fingerprint density at radius 3 is 2.69 bits per heavy atom. The number of nitriles is 1. The molecule has 26 heavy (non-hydrogen) atoms. The van der Waals surface area contributed by atoms with Crippen LogP contribution in [0.2, 0.25) is 0 Å². The van der Waals surface area contributed by atoms with Gasteiger partial charge in [0.15, 0.2) is 0 Å². The number of aliphatic hydroxyl groups excluding tert-OH is 1. The summed E-state index contributed by atoms with van der Waals surface area (Å²) < 4.78 is 0. The van der Waals surface area contributed by atoms with Gasteiger partial charge in [-0.05, 0) is 36.6 Å². The first-order chi connectivity index (χ1) is 12.7. The summed E-state index contributed by atoms with van der Waals surface area (Å²) in [6.07, 6.45) is 1.13. The molecule has 1 aliphatic heterocycles. The predicted octanol–water partition coefficient (Wildman–Crippen LogP) is 2.53. The average molecular weight is 350 g/mol. The lowest BCUT2D eigenvalue weighted by molar-refractivity contribution is 0.118. The summed E-state index contributed by atoms with van der Waals surface area (Å²) in [6.45, 7) is 0.515. The number of β-amino-alcohol motifs (C(OH)–C–C–N with tert-alkyl or cyclic N) is 1. The lowest BCUT2D eigenvalue weighted by Crippen LogP contribution is -2.50. The van der Waals surface area contributed by atoms with E-state index < -0.39 is 0 Å². The van der Waals surface area contributed by atoms with Gasteiger partial charge in [0, 0.05) is 18.3 Å². The van der Waals surface area contributed by atoms with Gasteiger partial charge >= 0.3 is 6.03 Å². The molecule has 0 spiro atoms. The van der Waals surface area contributed by atoms with Crippen LogP contribution in [0.3, 0.4) is 0 Å². The molecule has 1 heterocycles. The van der Waals surface area contributed by atoms with Gasteiger partial charge in [-0.25, -0.2) is 4.79 Å². The summed E-state index contributed by atoms with van der Waals surface area (Å²) in [7, 11) is 0. The normalized spacial score (nSPS) is 20.6. The van der Waals surface area contributed by atoms with E-state index >= 15 is 0 Å².